The van der Waals surface area contributed by atoms with Crippen LogP contribution in [-0.2, 0) is 10.1 Å². The van der Waals surface area contributed by atoms with E-state index in [1.165, 1.54) is 0 Å². The third-order valence-corrected chi connectivity index (χ3v) is 3.67. The predicted molar refractivity (Wildman–Crippen MR) is 44.9 cm³/mol. The molecular weight excluding hydrogens is 221 g/mol. The predicted octanol–water partition coefficient (Wildman–Crippen LogP) is -5.00. The van der Waals surface area contributed by atoms with Crippen molar-refractivity contribution in [3.63, 3.8) is 0 Å². The molecule has 0 aliphatic heterocycles. The Morgan fingerprint density at radius 1 is 1.21 bits per heavy atom. The van der Waals surface area contributed by atoms with Gasteiger partial charge in [0.1, 0.15) is 10.1 Å². The molecule has 0 aromatic rings. The van der Waals surface area contributed by atoms with Crippen LogP contribution in [0.1, 0.15) is 12.8 Å². The van der Waals surface area contributed by atoms with Gasteiger partial charge >= 0.3 is 29.6 Å². The molecule has 0 atom stereocenters. The van der Waals surface area contributed by atoms with E-state index in [-0.39, 0.29) is 48.9 Å². The molecule has 6 nitrogen and oxygen atoms in total. The summed E-state index contributed by atoms with van der Waals surface area (Å²) in [5.41, 5.74) is 5.16. The molecule has 0 amide bonds. The zero-order valence-corrected chi connectivity index (χ0v) is 11.0. The maximum Gasteiger partial charge on any atom is 1.00 e. The van der Waals surface area contributed by atoms with Crippen LogP contribution in [0.15, 0.2) is 0 Å². The van der Waals surface area contributed by atoms with Crippen LogP contribution in [0, 0.1) is 0 Å². The second-order valence-electron chi connectivity index (χ2n) is 2.79. The molecule has 0 bridgehead atoms. The average molecular weight is 235 g/mol. The normalized spacial score (nSPS) is 12.3. The summed E-state index contributed by atoms with van der Waals surface area (Å²) in [6.07, 6.45) is -0.480. The Labute approximate surface area is 106 Å². The molecular formula is C6H14NNaO5S. The smallest absolute Gasteiger partial charge is 0.747 e. The van der Waals surface area contributed by atoms with E-state index >= 15 is 0 Å². The van der Waals surface area contributed by atoms with Gasteiger partial charge in [0.2, 0.25) is 0 Å². The second kappa shape index (κ2) is 7.13. The van der Waals surface area contributed by atoms with Gasteiger partial charge < -0.3 is 20.5 Å². The number of rotatable bonds is 6. The topological polar surface area (TPSA) is 124 Å². The van der Waals surface area contributed by atoms with Crippen molar-refractivity contribution in [3.05, 3.63) is 0 Å². The van der Waals surface area contributed by atoms with Gasteiger partial charge in [-0.2, -0.15) is 0 Å². The van der Waals surface area contributed by atoms with Gasteiger partial charge in [-0.15, -0.1) is 0 Å². The van der Waals surface area contributed by atoms with Crippen molar-refractivity contribution in [1.29, 1.82) is 0 Å². The molecule has 0 aliphatic rings. The first-order valence-corrected chi connectivity index (χ1v) is 5.21. The van der Waals surface area contributed by atoms with Crippen LogP contribution in [0.5, 0.6) is 0 Å². The number of hydrogen-bond donors (Lipinski definition) is 3. The molecule has 0 fully saturated rings. The minimum atomic E-state index is -4.60. The summed E-state index contributed by atoms with van der Waals surface area (Å²) >= 11 is 0. The van der Waals surface area contributed by atoms with Gasteiger partial charge in [-0.25, -0.2) is 8.42 Å². The third-order valence-electron chi connectivity index (χ3n) is 2.04. The van der Waals surface area contributed by atoms with Crippen molar-refractivity contribution < 1.29 is 52.7 Å². The Morgan fingerprint density at radius 3 is 1.71 bits per heavy atom. The molecule has 0 unspecified atom stereocenters. The maximum absolute atomic E-state index is 10.8. The summed E-state index contributed by atoms with van der Waals surface area (Å²) in [5.74, 6) is 0. The monoisotopic (exact) mass is 235 g/mol. The number of nitrogens with two attached hydrogens (primary N) is 1. The van der Waals surface area contributed by atoms with E-state index in [1.807, 2.05) is 0 Å². The Kier molecular flexibility index (Phi) is 8.75. The number of aliphatic hydroxyl groups is 2. The Bertz CT molecular complexity index is 237. The molecule has 0 aromatic carbocycles. The Morgan fingerprint density at radius 2 is 1.57 bits per heavy atom. The van der Waals surface area contributed by atoms with Crippen molar-refractivity contribution in [1.82, 2.24) is 0 Å². The maximum atomic E-state index is 10.8. The largest absolute Gasteiger partial charge is 1.00 e. The second-order valence-corrected chi connectivity index (χ2v) is 4.56. The van der Waals surface area contributed by atoms with Crippen molar-refractivity contribution in [2.45, 2.75) is 17.6 Å². The molecule has 0 rings (SSSR count). The molecule has 0 spiro atoms. The van der Waals surface area contributed by atoms with E-state index in [0.717, 1.165) is 0 Å². The van der Waals surface area contributed by atoms with Crippen molar-refractivity contribution >= 4 is 10.1 Å². The first-order chi connectivity index (χ1) is 5.93. The van der Waals surface area contributed by atoms with E-state index in [9.17, 15) is 13.0 Å². The first-order valence-electron chi connectivity index (χ1n) is 3.81. The van der Waals surface area contributed by atoms with Gasteiger partial charge in [-0.3, -0.25) is 0 Å². The third kappa shape index (κ3) is 4.11. The summed E-state index contributed by atoms with van der Waals surface area (Å²) in [6, 6.07) is 0. The van der Waals surface area contributed by atoms with Crippen LogP contribution < -0.4 is 35.3 Å². The van der Waals surface area contributed by atoms with E-state index < -0.39 is 28.1 Å². The molecule has 0 saturated heterocycles. The van der Waals surface area contributed by atoms with Crippen LogP contribution in [0.25, 0.3) is 0 Å². The summed E-state index contributed by atoms with van der Waals surface area (Å²) in [5, 5.41) is 17.2. The fourth-order valence-electron chi connectivity index (χ4n) is 1.09. The molecule has 0 saturated carbocycles. The SMILES string of the molecule is NCC(CCO)(CCO)S(=O)(=O)[O-].[Na+]. The molecule has 80 valence electrons. The standard InChI is InChI=1S/C6H15NO5S.Na/c7-5-6(1-3-8,2-4-9)13(10,11)12;/h8-9H,1-5,7H2,(H,10,11,12);/q;+1/p-1. The minimum absolute atomic E-state index is 0. The summed E-state index contributed by atoms with van der Waals surface area (Å²) < 4.78 is 30.7. The zero-order valence-electron chi connectivity index (χ0n) is 8.14. The van der Waals surface area contributed by atoms with Gasteiger partial charge in [0.25, 0.3) is 0 Å². The molecule has 0 heterocycles. The molecule has 0 radical (unpaired) electrons. The van der Waals surface area contributed by atoms with Crippen molar-refractivity contribution in [3.8, 4) is 0 Å². The number of hydrogen-bond acceptors (Lipinski definition) is 6. The van der Waals surface area contributed by atoms with Gasteiger partial charge in [-0.05, 0) is 12.8 Å². The fraction of sp³-hybridized carbons (Fsp3) is 1.00. The summed E-state index contributed by atoms with van der Waals surface area (Å²) in [4.78, 5) is 0. The van der Waals surface area contributed by atoms with E-state index in [0.29, 0.717) is 0 Å². The fourth-order valence-corrected chi connectivity index (χ4v) is 1.98. The number of aliphatic hydroxyl groups excluding tert-OH is 2. The molecule has 0 aliphatic carbocycles. The molecule has 8 heteroatoms. The van der Waals surface area contributed by atoms with Crippen molar-refractivity contribution in [2.24, 2.45) is 5.73 Å². The van der Waals surface area contributed by atoms with Gasteiger partial charge in [0, 0.05) is 19.8 Å². The van der Waals surface area contributed by atoms with Gasteiger partial charge in [-0.1, -0.05) is 0 Å². The van der Waals surface area contributed by atoms with Crippen LogP contribution in [0.2, 0.25) is 0 Å². The zero-order chi connectivity index (χ0) is 10.5. The van der Waals surface area contributed by atoms with E-state index in [4.69, 9.17) is 15.9 Å². The van der Waals surface area contributed by atoms with Crippen LogP contribution >= 0.6 is 0 Å². The van der Waals surface area contributed by atoms with Crippen LogP contribution in [-0.4, -0.2) is 47.7 Å². The van der Waals surface area contributed by atoms with Crippen LogP contribution in [0.4, 0.5) is 0 Å². The van der Waals surface area contributed by atoms with E-state index in [1.54, 1.807) is 0 Å². The quantitative estimate of drug-likeness (QED) is 0.313. The van der Waals surface area contributed by atoms with Crippen molar-refractivity contribution in [2.75, 3.05) is 19.8 Å². The molecule has 4 N–H and O–H groups in total. The Balaban J connectivity index is 0. The molecule has 0 aromatic heterocycles. The summed E-state index contributed by atoms with van der Waals surface area (Å²) in [7, 11) is -4.60. The summed E-state index contributed by atoms with van der Waals surface area (Å²) in [6.45, 7) is -1.28. The van der Waals surface area contributed by atoms with E-state index in [2.05, 4.69) is 0 Å². The average Bonchev–Trinajstić information content (AvgIpc) is 2.02. The first kappa shape index (κ1) is 17.2. The minimum Gasteiger partial charge on any atom is -0.747 e. The van der Waals surface area contributed by atoms with Gasteiger partial charge in [0.05, 0.1) is 4.75 Å². The van der Waals surface area contributed by atoms with Gasteiger partial charge in [0.15, 0.2) is 0 Å². The van der Waals surface area contributed by atoms with Crippen LogP contribution in [0.3, 0.4) is 0 Å². The molecule has 14 heavy (non-hydrogen) atoms. The Hall–Kier alpha value is 0.790.